The van der Waals surface area contributed by atoms with Gasteiger partial charge in [-0.1, -0.05) is 60.7 Å². The highest BCUT2D eigenvalue weighted by Crippen LogP contribution is 2.22. The van der Waals surface area contributed by atoms with Crippen LogP contribution < -0.4 is 0 Å². The maximum atomic E-state index is 4.39. The van der Waals surface area contributed by atoms with Crippen molar-refractivity contribution >= 4 is 0 Å². The quantitative estimate of drug-likeness (QED) is 0.334. The summed E-state index contributed by atoms with van der Waals surface area (Å²) in [5.41, 5.74) is 6.22. The Morgan fingerprint density at radius 1 is 0.472 bits per heavy atom. The lowest BCUT2D eigenvalue weighted by Crippen LogP contribution is -2.05. The molecule has 0 saturated heterocycles. The van der Waals surface area contributed by atoms with Gasteiger partial charge in [0, 0.05) is 12.4 Å². The summed E-state index contributed by atoms with van der Waals surface area (Å²) >= 11 is 0. The molecule has 4 heterocycles. The molecule has 0 saturated carbocycles. The maximum absolute atomic E-state index is 4.39. The fourth-order valence-electron chi connectivity index (χ4n) is 4.10. The van der Waals surface area contributed by atoms with Crippen molar-refractivity contribution in [2.45, 2.75) is 13.1 Å². The maximum Gasteiger partial charge on any atom is 0.177 e. The summed E-state index contributed by atoms with van der Waals surface area (Å²) in [4.78, 5) is 17.5. The van der Waals surface area contributed by atoms with Crippen molar-refractivity contribution in [2.24, 2.45) is 0 Å². The zero-order chi connectivity index (χ0) is 24.2. The van der Waals surface area contributed by atoms with Crippen LogP contribution in [0.3, 0.4) is 0 Å². The Morgan fingerprint density at radius 3 is 1.31 bits per heavy atom. The second kappa shape index (κ2) is 9.71. The van der Waals surface area contributed by atoms with Gasteiger partial charge in [-0.3, -0.25) is 9.97 Å². The molecule has 0 N–H and O–H groups in total. The molecule has 6 aromatic rings. The molecule has 0 unspecified atom stereocenters. The molecule has 8 nitrogen and oxygen atoms in total. The number of nitrogens with zero attached hydrogens (tertiary/aromatic N) is 8. The second-order valence-corrected chi connectivity index (χ2v) is 8.31. The average molecular weight is 471 g/mol. The summed E-state index contributed by atoms with van der Waals surface area (Å²) in [5.74, 6) is 1.52. The molecule has 0 amide bonds. The minimum absolute atomic E-state index is 0.627. The van der Waals surface area contributed by atoms with Gasteiger partial charge in [-0.2, -0.15) is 10.2 Å². The van der Waals surface area contributed by atoms with Crippen molar-refractivity contribution < 1.29 is 0 Å². The summed E-state index contributed by atoms with van der Waals surface area (Å²) in [6.07, 6.45) is 6.66. The van der Waals surface area contributed by atoms with E-state index in [-0.39, 0.29) is 0 Å². The summed E-state index contributed by atoms with van der Waals surface area (Å²) in [5, 5.41) is 8.77. The van der Waals surface area contributed by atoms with Crippen LogP contribution in [-0.2, 0) is 13.1 Å². The number of pyridine rings is 2. The smallest absolute Gasteiger partial charge is 0.177 e. The van der Waals surface area contributed by atoms with Crippen molar-refractivity contribution in [3.8, 4) is 34.2 Å². The first kappa shape index (κ1) is 21.5. The van der Waals surface area contributed by atoms with Crippen molar-refractivity contribution in [3.63, 3.8) is 0 Å². The fraction of sp³-hybridized carbons (Fsp3) is 0.0714. The topological polar surface area (TPSA) is 87.2 Å². The minimum atomic E-state index is 0.627. The summed E-state index contributed by atoms with van der Waals surface area (Å²) in [6.45, 7) is 1.25. The Kier molecular flexibility index (Phi) is 5.81. The lowest BCUT2D eigenvalue weighted by atomic mass is 10.0. The first-order valence-corrected chi connectivity index (χ1v) is 11.6. The Balaban J connectivity index is 1.15. The SMILES string of the molecule is c1ccc(-c2ncnn2Cc2ccc(-c3ccc(Cn4ncnc4-c4ccccn4)cc3)cc2)nc1. The number of benzene rings is 2. The molecule has 36 heavy (non-hydrogen) atoms. The van der Waals surface area contributed by atoms with Gasteiger partial charge in [-0.25, -0.2) is 19.3 Å². The van der Waals surface area contributed by atoms with Gasteiger partial charge >= 0.3 is 0 Å². The summed E-state index contributed by atoms with van der Waals surface area (Å²) in [7, 11) is 0. The van der Waals surface area contributed by atoms with E-state index in [1.54, 1.807) is 25.0 Å². The van der Waals surface area contributed by atoms with Crippen molar-refractivity contribution in [2.75, 3.05) is 0 Å². The highest BCUT2D eigenvalue weighted by atomic mass is 15.3. The highest BCUT2D eigenvalue weighted by Gasteiger charge is 2.10. The molecular formula is C28H22N8. The third-order valence-electron chi connectivity index (χ3n) is 5.92. The van der Waals surface area contributed by atoms with Crippen molar-refractivity contribution in [1.29, 1.82) is 0 Å². The van der Waals surface area contributed by atoms with E-state index in [2.05, 4.69) is 78.7 Å². The molecule has 0 atom stereocenters. The van der Waals surface area contributed by atoms with Crippen LogP contribution in [0.2, 0.25) is 0 Å². The molecule has 0 spiro atoms. The molecule has 0 aliphatic rings. The lowest BCUT2D eigenvalue weighted by molar-refractivity contribution is 0.691. The van der Waals surface area contributed by atoms with Gasteiger partial charge in [0.05, 0.1) is 13.1 Å². The first-order chi connectivity index (χ1) is 17.8. The molecule has 6 rings (SSSR count). The van der Waals surface area contributed by atoms with Crippen LogP contribution >= 0.6 is 0 Å². The van der Waals surface area contributed by atoms with Gasteiger partial charge in [0.15, 0.2) is 11.6 Å². The molecule has 4 aromatic heterocycles. The molecule has 174 valence electrons. The zero-order valence-electron chi connectivity index (χ0n) is 19.4. The summed E-state index contributed by atoms with van der Waals surface area (Å²) < 4.78 is 3.74. The summed E-state index contributed by atoms with van der Waals surface area (Å²) in [6, 6.07) is 28.6. The Hall–Kier alpha value is -4.98. The van der Waals surface area contributed by atoms with Crippen LogP contribution in [0.5, 0.6) is 0 Å². The van der Waals surface area contributed by atoms with Crippen LogP contribution in [0, 0.1) is 0 Å². The fourth-order valence-corrected chi connectivity index (χ4v) is 4.10. The van der Waals surface area contributed by atoms with E-state index in [0.29, 0.717) is 13.1 Å². The van der Waals surface area contributed by atoms with Gasteiger partial charge in [-0.05, 0) is 46.5 Å². The lowest BCUT2D eigenvalue weighted by Gasteiger charge is -2.09. The van der Waals surface area contributed by atoms with E-state index < -0.39 is 0 Å². The van der Waals surface area contributed by atoms with Gasteiger partial charge in [0.1, 0.15) is 24.0 Å². The van der Waals surface area contributed by atoms with E-state index in [1.165, 1.54) is 0 Å². The van der Waals surface area contributed by atoms with Gasteiger partial charge in [-0.15, -0.1) is 0 Å². The van der Waals surface area contributed by atoms with E-state index in [0.717, 1.165) is 45.3 Å². The molecule has 0 aliphatic heterocycles. The Morgan fingerprint density at radius 2 is 0.917 bits per heavy atom. The number of rotatable bonds is 7. The predicted octanol–water partition coefficient (Wildman–Crippen LogP) is 4.76. The third kappa shape index (κ3) is 4.52. The number of hydrogen-bond acceptors (Lipinski definition) is 6. The van der Waals surface area contributed by atoms with Crippen LogP contribution in [0.25, 0.3) is 34.2 Å². The second-order valence-electron chi connectivity index (χ2n) is 8.31. The molecule has 8 heteroatoms. The zero-order valence-corrected chi connectivity index (χ0v) is 19.4. The molecule has 0 bridgehead atoms. The Bertz CT molecular complexity index is 1430. The molecule has 0 aliphatic carbocycles. The number of hydrogen-bond donors (Lipinski definition) is 0. The number of aromatic nitrogens is 8. The molecular weight excluding hydrogens is 448 g/mol. The average Bonchev–Trinajstić information content (AvgIpc) is 3.60. The normalized spacial score (nSPS) is 11.0. The van der Waals surface area contributed by atoms with E-state index in [4.69, 9.17) is 0 Å². The van der Waals surface area contributed by atoms with Gasteiger partial charge in [0.2, 0.25) is 0 Å². The van der Waals surface area contributed by atoms with Crippen LogP contribution in [-0.4, -0.2) is 39.5 Å². The van der Waals surface area contributed by atoms with Crippen molar-refractivity contribution in [1.82, 2.24) is 39.5 Å². The highest BCUT2D eigenvalue weighted by molar-refractivity contribution is 5.64. The minimum Gasteiger partial charge on any atom is -0.253 e. The van der Waals surface area contributed by atoms with E-state index in [9.17, 15) is 0 Å². The first-order valence-electron chi connectivity index (χ1n) is 11.6. The molecule has 0 radical (unpaired) electrons. The van der Waals surface area contributed by atoms with Gasteiger partial charge < -0.3 is 0 Å². The molecule has 0 fully saturated rings. The predicted molar refractivity (Wildman–Crippen MR) is 137 cm³/mol. The molecule has 2 aromatic carbocycles. The van der Waals surface area contributed by atoms with E-state index in [1.807, 2.05) is 45.8 Å². The van der Waals surface area contributed by atoms with Crippen LogP contribution in [0.1, 0.15) is 11.1 Å². The Labute approximate surface area is 208 Å². The standard InChI is InChI=1S/C28H22N8/c1-3-15-29-25(5-1)27-31-19-33-35(27)17-21-7-11-23(12-8-21)24-13-9-22(10-14-24)18-36-28(32-20-34-36)26-6-2-4-16-30-26/h1-16,19-20H,17-18H2. The van der Waals surface area contributed by atoms with Crippen molar-refractivity contribution in [3.05, 3.63) is 121 Å². The largest absolute Gasteiger partial charge is 0.253 e. The van der Waals surface area contributed by atoms with E-state index >= 15 is 0 Å². The monoisotopic (exact) mass is 470 g/mol. The third-order valence-corrected chi connectivity index (χ3v) is 5.92. The van der Waals surface area contributed by atoms with Crippen LogP contribution in [0.15, 0.2) is 110 Å². The van der Waals surface area contributed by atoms with Crippen LogP contribution in [0.4, 0.5) is 0 Å². The van der Waals surface area contributed by atoms with Gasteiger partial charge in [0.25, 0.3) is 0 Å².